The van der Waals surface area contributed by atoms with E-state index < -0.39 is 0 Å². The van der Waals surface area contributed by atoms with E-state index in [-0.39, 0.29) is 5.91 Å². The molecule has 1 N–H and O–H groups in total. The molecule has 170 valence electrons. The van der Waals surface area contributed by atoms with Crippen LogP contribution >= 0.6 is 39.1 Å². The molecule has 1 amide bonds. The summed E-state index contributed by atoms with van der Waals surface area (Å²) in [6.07, 6.45) is 4.03. The molecule has 0 bridgehead atoms. The van der Waals surface area contributed by atoms with E-state index in [1.165, 1.54) is 12.8 Å². The van der Waals surface area contributed by atoms with Gasteiger partial charge in [-0.05, 0) is 94.5 Å². The number of amides is 1. The molecule has 0 aliphatic carbocycles. The lowest BCUT2D eigenvalue weighted by molar-refractivity contribution is 0.0955. The van der Waals surface area contributed by atoms with Crippen LogP contribution in [0.1, 0.15) is 34.3 Å². The lowest BCUT2D eigenvalue weighted by Crippen LogP contribution is -2.19. The molecule has 4 rings (SSSR count). The molecule has 1 aliphatic heterocycles. The summed E-state index contributed by atoms with van der Waals surface area (Å²) < 4.78 is 6.63. The largest absolute Gasteiger partial charge is 0.488 e. The Morgan fingerprint density at radius 3 is 2.48 bits per heavy atom. The Hall–Kier alpha value is -2.54. The monoisotopic (exact) mass is 545 g/mol. The van der Waals surface area contributed by atoms with Crippen molar-refractivity contribution in [3.05, 3.63) is 91.9 Å². The Morgan fingerprint density at radius 1 is 1.03 bits per heavy atom. The molecule has 0 radical (unpaired) electrons. The first-order chi connectivity index (χ1) is 16.0. The summed E-state index contributed by atoms with van der Waals surface area (Å²) in [5.41, 5.74) is 6.03. The highest BCUT2D eigenvalue weighted by atomic mass is 79.9. The van der Waals surface area contributed by atoms with Crippen LogP contribution in [0.3, 0.4) is 0 Å². The first kappa shape index (κ1) is 23.6. The standard InChI is InChI=1S/C25H22BrCl2N3O2/c26-21-13-17(4-10-24(21)33-16-18-3-9-22(27)23(28)14-18)15-29-30-25(32)19-5-7-20(8-6-19)31-11-1-2-12-31/h3-10,13-15H,1-2,11-12,16H2,(H,30,32)/b29-15-. The maximum Gasteiger partial charge on any atom is 0.271 e. The number of halogens is 3. The lowest BCUT2D eigenvalue weighted by atomic mass is 10.2. The quantitative estimate of drug-likeness (QED) is 0.265. The van der Waals surface area contributed by atoms with Gasteiger partial charge in [0.05, 0.1) is 20.7 Å². The topological polar surface area (TPSA) is 53.9 Å². The van der Waals surface area contributed by atoms with Crippen molar-refractivity contribution >= 4 is 56.9 Å². The summed E-state index contributed by atoms with van der Waals surface area (Å²) in [6.45, 7) is 2.50. The van der Waals surface area contributed by atoms with Gasteiger partial charge in [0.25, 0.3) is 5.91 Å². The molecule has 0 spiro atoms. The fourth-order valence-electron chi connectivity index (χ4n) is 3.53. The predicted octanol–water partition coefficient (Wildman–Crippen LogP) is 6.70. The maximum absolute atomic E-state index is 12.4. The van der Waals surface area contributed by atoms with Crippen LogP contribution in [0, 0.1) is 0 Å². The molecule has 0 atom stereocenters. The number of benzene rings is 3. The van der Waals surface area contributed by atoms with E-state index in [1.807, 2.05) is 48.5 Å². The van der Waals surface area contributed by atoms with Crippen molar-refractivity contribution in [2.45, 2.75) is 19.4 Å². The maximum atomic E-state index is 12.4. The Morgan fingerprint density at radius 2 is 1.79 bits per heavy atom. The van der Waals surface area contributed by atoms with Crippen molar-refractivity contribution in [1.29, 1.82) is 0 Å². The molecule has 1 heterocycles. The van der Waals surface area contributed by atoms with Crippen LogP contribution in [0.5, 0.6) is 5.75 Å². The highest BCUT2D eigenvalue weighted by molar-refractivity contribution is 9.10. The lowest BCUT2D eigenvalue weighted by Gasteiger charge is -2.17. The van der Waals surface area contributed by atoms with Crippen molar-refractivity contribution in [3.8, 4) is 5.75 Å². The number of nitrogens with one attached hydrogen (secondary N) is 1. The van der Waals surface area contributed by atoms with Crippen LogP contribution in [0.2, 0.25) is 10.0 Å². The van der Waals surface area contributed by atoms with Crippen LogP contribution in [0.15, 0.2) is 70.2 Å². The van der Waals surface area contributed by atoms with Crippen LogP contribution in [-0.4, -0.2) is 25.2 Å². The summed E-state index contributed by atoms with van der Waals surface area (Å²) in [4.78, 5) is 14.7. The summed E-state index contributed by atoms with van der Waals surface area (Å²) in [7, 11) is 0. The van der Waals surface area contributed by atoms with Crippen molar-refractivity contribution in [2.24, 2.45) is 5.10 Å². The smallest absolute Gasteiger partial charge is 0.271 e. The zero-order chi connectivity index (χ0) is 23.2. The molecule has 1 saturated heterocycles. The minimum Gasteiger partial charge on any atom is -0.488 e. The second-order valence-electron chi connectivity index (χ2n) is 7.67. The van der Waals surface area contributed by atoms with Crippen molar-refractivity contribution in [1.82, 2.24) is 5.43 Å². The minimum absolute atomic E-state index is 0.250. The van der Waals surface area contributed by atoms with Crippen LogP contribution in [0.4, 0.5) is 5.69 Å². The molecule has 5 nitrogen and oxygen atoms in total. The van der Waals surface area contributed by atoms with E-state index in [0.717, 1.165) is 34.4 Å². The van der Waals surface area contributed by atoms with E-state index in [4.69, 9.17) is 27.9 Å². The zero-order valence-electron chi connectivity index (χ0n) is 17.7. The molecular weight excluding hydrogens is 525 g/mol. The third-order valence-corrected chi connectivity index (χ3v) is 6.67. The first-order valence-corrected chi connectivity index (χ1v) is 12.1. The summed E-state index contributed by atoms with van der Waals surface area (Å²) >= 11 is 15.5. The molecule has 3 aromatic rings. The summed E-state index contributed by atoms with van der Waals surface area (Å²) in [5.74, 6) is 0.431. The number of carbonyl (C=O) groups excluding carboxylic acids is 1. The SMILES string of the molecule is O=C(N/N=C\c1ccc(OCc2ccc(Cl)c(Cl)c2)c(Br)c1)c1ccc(N2CCCC2)cc1. The van der Waals surface area contributed by atoms with Gasteiger partial charge >= 0.3 is 0 Å². The van der Waals surface area contributed by atoms with Crippen molar-refractivity contribution in [2.75, 3.05) is 18.0 Å². The van der Waals surface area contributed by atoms with E-state index in [0.29, 0.717) is 28.0 Å². The van der Waals surface area contributed by atoms with Gasteiger partial charge in [-0.3, -0.25) is 4.79 Å². The van der Waals surface area contributed by atoms with Crippen molar-refractivity contribution in [3.63, 3.8) is 0 Å². The first-order valence-electron chi connectivity index (χ1n) is 10.5. The zero-order valence-corrected chi connectivity index (χ0v) is 20.8. The molecule has 1 fully saturated rings. The van der Waals surface area contributed by atoms with E-state index in [1.54, 1.807) is 18.3 Å². The third-order valence-electron chi connectivity index (χ3n) is 5.31. The highest BCUT2D eigenvalue weighted by Crippen LogP contribution is 2.28. The normalized spacial score (nSPS) is 13.5. The van der Waals surface area contributed by atoms with Gasteiger partial charge in [-0.15, -0.1) is 0 Å². The van der Waals surface area contributed by atoms with Gasteiger partial charge in [-0.2, -0.15) is 5.10 Å². The minimum atomic E-state index is -0.250. The van der Waals surface area contributed by atoms with Gasteiger partial charge in [-0.25, -0.2) is 5.43 Å². The Kier molecular flexibility index (Phi) is 7.91. The second kappa shape index (κ2) is 11.1. The van der Waals surface area contributed by atoms with Crippen LogP contribution < -0.4 is 15.1 Å². The fourth-order valence-corrected chi connectivity index (χ4v) is 4.37. The Labute approximate surface area is 211 Å². The predicted molar refractivity (Wildman–Crippen MR) is 138 cm³/mol. The van der Waals surface area contributed by atoms with Gasteiger partial charge in [0.15, 0.2) is 0 Å². The van der Waals surface area contributed by atoms with Gasteiger partial charge < -0.3 is 9.64 Å². The number of anilines is 1. The van der Waals surface area contributed by atoms with E-state index >= 15 is 0 Å². The number of nitrogens with zero attached hydrogens (tertiary/aromatic N) is 2. The van der Waals surface area contributed by atoms with Crippen LogP contribution in [0.25, 0.3) is 0 Å². The van der Waals surface area contributed by atoms with E-state index in [9.17, 15) is 4.79 Å². The number of rotatable bonds is 7. The van der Waals surface area contributed by atoms with E-state index in [2.05, 4.69) is 31.4 Å². The molecule has 0 aromatic heterocycles. The second-order valence-corrected chi connectivity index (χ2v) is 9.34. The third kappa shape index (κ3) is 6.28. The molecule has 8 heteroatoms. The average molecular weight is 547 g/mol. The number of hydrazone groups is 1. The van der Waals surface area contributed by atoms with Gasteiger partial charge in [-0.1, -0.05) is 29.3 Å². The van der Waals surface area contributed by atoms with Gasteiger partial charge in [0, 0.05) is 24.3 Å². The molecule has 0 saturated carbocycles. The number of ether oxygens (including phenoxy) is 1. The van der Waals surface area contributed by atoms with Gasteiger partial charge in [0.1, 0.15) is 12.4 Å². The molecule has 33 heavy (non-hydrogen) atoms. The number of carbonyl (C=O) groups is 1. The van der Waals surface area contributed by atoms with Crippen molar-refractivity contribution < 1.29 is 9.53 Å². The molecule has 3 aromatic carbocycles. The number of hydrogen-bond donors (Lipinski definition) is 1. The molecule has 1 aliphatic rings. The highest BCUT2D eigenvalue weighted by Gasteiger charge is 2.13. The molecule has 0 unspecified atom stereocenters. The fraction of sp³-hybridized carbons (Fsp3) is 0.200. The van der Waals surface area contributed by atoms with Gasteiger partial charge in [0.2, 0.25) is 0 Å². The average Bonchev–Trinajstić information content (AvgIpc) is 3.36. The number of hydrogen-bond acceptors (Lipinski definition) is 4. The molecular formula is C25H22BrCl2N3O2. The van der Waals surface area contributed by atoms with Crippen LogP contribution in [-0.2, 0) is 6.61 Å². The Balaban J connectivity index is 1.31. The summed E-state index contributed by atoms with van der Waals surface area (Å²) in [6, 6.07) is 18.6. The Bertz CT molecular complexity index is 1160. The summed E-state index contributed by atoms with van der Waals surface area (Å²) in [5, 5.41) is 5.08.